The fourth-order valence-electron chi connectivity index (χ4n) is 0.305. The second kappa shape index (κ2) is 3.34. The zero-order valence-corrected chi connectivity index (χ0v) is 6.93. The molecule has 0 aliphatic rings. The average molecular weight is 142 g/mol. The minimum atomic E-state index is -0.0464. The zero-order chi connectivity index (χ0) is 8.20. The van der Waals surface area contributed by atoms with Crippen LogP contribution in [0.3, 0.4) is 0 Å². The zero-order valence-electron chi connectivity index (χ0n) is 6.93. The molecule has 0 bridgehead atoms. The standard InChI is InChI=1S/C7H14N2O/c1-7(2,3)5-9-6(8)10-4/h5,8H,1-4H3. The third-order valence-electron chi connectivity index (χ3n) is 0.762. The Bertz CT molecular complexity index is 144. The molecule has 0 rings (SSSR count). The van der Waals surface area contributed by atoms with Crippen LogP contribution in [-0.4, -0.2) is 19.3 Å². The molecule has 0 atom stereocenters. The first-order valence-electron chi connectivity index (χ1n) is 3.13. The van der Waals surface area contributed by atoms with Gasteiger partial charge in [-0.3, -0.25) is 0 Å². The van der Waals surface area contributed by atoms with Crippen molar-refractivity contribution in [2.24, 2.45) is 10.4 Å². The molecule has 0 aromatic rings. The highest BCUT2D eigenvalue weighted by Crippen LogP contribution is 2.07. The molecular weight excluding hydrogens is 128 g/mol. The lowest BCUT2D eigenvalue weighted by Crippen LogP contribution is -2.08. The van der Waals surface area contributed by atoms with E-state index in [-0.39, 0.29) is 11.4 Å². The molecule has 0 aliphatic heterocycles. The Morgan fingerprint density at radius 1 is 1.50 bits per heavy atom. The van der Waals surface area contributed by atoms with Crippen LogP contribution in [0.15, 0.2) is 4.99 Å². The predicted octanol–water partition coefficient (Wildman–Crippen LogP) is 1.68. The third-order valence-corrected chi connectivity index (χ3v) is 0.762. The normalized spacial score (nSPS) is 12.0. The van der Waals surface area contributed by atoms with E-state index < -0.39 is 0 Å². The maximum absolute atomic E-state index is 7.00. The Balaban J connectivity index is 3.88. The molecule has 0 saturated carbocycles. The van der Waals surface area contributed by atoms with Gasteiger partial charge >= 0.3 is 6.02 Å². The molecule has 0 radical (unpaired) electrons. The summed E-state index contributed by atoms with van der Waals surface area (Å²) in [4.78, 5) is 3.75. The van der Waals surface area contributed by atoms with E-state index >= 15 is 0 Å². The van der Waals surface area contributed by atoms with Gasteiger partial charge in [-0.25, -0.2) is 10.4 Å². The lowest BCUT2D eigenvalue weighted by Gasteiger charge is -2.09. The molecule has 58 valence electrons. The van der Waals surface area contributed by atoms with Gasteiger partial charge < -0.3 is 4.74 Å². The van der Waals surface area contributed by atoms with Crippen molar-refractivity contribution in [3.05, 3.63) is 0 Å². The molecule has 0 spiro atoms. The summed E-state index contributed by atoms with van der Waals surface area (Å²) >= 11 is 0. The molecule has 3 heteroatoms. The molecule has 0 unspecified atom stereocenters. The van der Waals surface area contributed by atoms with Crippen molar-refractivity contribution in [3.63, 3.8) is 0 Å². The van der Waals surface area contributed by atoms with Crippen LogP contribution in [0.1, 0.15) is 20.8 Å². The quantitative estimate of drug-likeness (QED) is 0.406. The molecule has 0 saturated heterocycles. The second-order valence-electron chi connectivity index (χ2n) is 3.13. The molecule has 0 aliphatic carbocycles. The number of nitrogens with one attached hydrogen (secondary N) is 1. The van der Waals surface area contributed by atoms with Crippen molar-refractivity contribution < 1.29 is 4.74 Å². The highest BCUT2D eigenvalue weighted by Gasteiger charge is 2.05. The molecule has 1 N–H and O–H groups in total. The summed E-state index contributed by atoms with van der Waals surface area (Å²) in [6.45, 7) is 6.04. The summed E-state index contributed by atoms with van der Waals surface area (Å²) in [6, 6.07) is -0.0464. The van der Waals surface area contributed by atoms with E-state index in [0.717, 1.165) is 0 Å². The predicted molar refractivity (Wildman–Crippen MR) is 42.7 cm³/mol. The Labute approximate surface area is 61.6 Å². The minimum Gasteiger partial charge on any atom is -0.467 e. The van der Waals surface area contributed by atoms with Gasteiger partial charge in [-0.15, -0.1) is 0 Å². The van der Waals surface area contributed by atoms with Crippen molar-refractivity contribution in [1.82, 2.24) is 0 Å². The first-order valence-corrected chi connectivity index (χ1v) is 3.13. The Morgan fingerprint density at radius 2 is 2.00 bits per heavy atom. The Morgan fingerprint density at radius 3 is 2.30 bits per heavy atom. The molecule has 3 nitrogen and oxygen atoms in total. The molecule has 0 aromatic carbocycles. The van der Waals surface area contributed by atoms with Crippen LogP contribution in [-0.2, 0) is 4.74 Å². The molecule has 10 heavy (non-hydrogen) atoms. The largest absolute Gasteiger partial charge is 0.467 e. The Hall–Kier alpha value is -0.860. The summed E-state index contributed by atoms with van der Waals surface area (Å²) in [5.74, 6) is 0. The van der Waals surface area contributed by atoms with Crippen molar-refractivity contribution in [1.29, 1.82) is 5.41 Å². The van der Waals surface area contributed by atoms with Gasteiger partial charge in [-0.2, -0.15) is 0 Å². The highest BCUT2D eigenvalue weighted by atomic mass is 16.5. The van der Waals surface area contributed by atoms with E-state index in [4.69, 9.17) is 5.41 Å². The first kappa shape index (κ1) is 9.14. The molecule has 0 aromatic heterocycles. The topological polar surface area (TPSA) is 45.4 Å². The minimum absolute atomic E-state index is 0.0187. The van der Waals surface area contributed by atoms with Crippen molar-refractivity contribution in [2.75, 3.05) is 7.11 Å². The lowest BCUT2D eigenvalue weighted by atomic mass is 9.99. The van der Waals surface area contributed by atoms with Crippen LogP contribution in [0.25, 0.3) is 0 Å². The van der Waals surface area contributed by atoms with Gasteiger partial charge in [0.25, 0.3) is 0 Å². The number of methoxy groups -OCH3 is 1. The van der Waals surface area contributed by atoms with Crippen LogP contribution in [0.2, 0.25) is 0 Å². The first-order chi connectivity index (χ1) is 4.45. The molecule has 0 heterocycles. The van der Waals surface area contributed by atoms with Crippen LogP contribution >= 0.6 is 0 Å². The average Bonchev–Trinajstić information content (AvgIpc) is 1.81. The van der Waals surface area contributed by atoms with Gasteiger partial charge in [-0.05, 0) is 5.41 Å². The smallest absolute Gasteiger partial charge is 0.308 e. The lowest BCUT2D eigenvalue weighted by molar-refractivity contribution is 0.393. The highest BCUT2D eigenvalue weighted by molar-refractivity contribution is 5.82. The number of nitrogens with zero attached hydrogens (tertiary/aromatic N) is 1. The number of rotatable bonds is 0. The Kier molecular flexibility index (Phi) is 3.06. The second-order valence-corrected chi connectivity index (χ2v) is 3.13. The van der Waals surface area contributed by atoms with Gasteiger partial charge in [0.2, 0.25) is 0 Å². The molecule has 0 fully saturated rings. The SMILES string of the molecule is COC(=N)N=CC(C)(C)C. The van der Waals surface area contributed by atoms with E-state index in [2.05, 4.69) is 9.73 Å². The number of hydrogen-bond acceptors (Lipinski definition) is 2. The van der Waals surface area contributed by atoms with Gasteiger partial charge in [0.05, 0.1) is 7.11 Å². The maximum Gasteiger partial charge on any atom is 0.308 e. The summed E-state index contributed by atoms with van der Waals surface area (Å²) < 4.78 is 4.53. The van der Waals surface area contributed by atoms with Crippen molar-refractivity contribution >= 4 is 12.2 Å². The molecule has 0 amide bonds. The van der Waals surface area contributed by atoms with Crippen LogP contribution < -0.4 is 0 Å². The number of amidine groups is 1. The third kappa shape index (κ3) is 5.28. The van der Waals surface area contributed by atoms with Crippen molar-refractivity contribution in [3.8, 4) is 0 Å². The fourth-order valence-corrected chi connectivity index (χ4v) is 0.305. The van der Waals surface area contributed by atoms with E-state index in [1.165, 1.54) is 7.11 Å². The monoisotopic (exact) mass is 142 g/mol. The van der Waals surface area contributed by atoms with Gasteiger partial charge in [-0.1, -0.05) is 20.8 Å². The van der Waals surface area contributed by atoms with Gasteiger partial charge in [0.1, 0.15) is 0 Å². The number of ether oxygens (including phenoxy) is 1. The number of aliphatic imine (C=N–C) groups is 1. The van der Waals surface area contributed by atoms with Crippen LogP contribution in [0, 0.1) is 10.8 Å². The van der Waals surface area contributed by atoms with E-state index in [1.807, 2.05) is 20.8 Å². The maximum atomic E-state index is 7.00. The van der Waals surface area contributed by atoms with Gasteiger partial charge in [0, 0.05) is 6.21 Å². The fraction of sp³-hybridized carbons (Fsp3) is 0.714. The van der Waals surface area contributed by atoms with E-state index in [1.54, 1.807) is 6.21 Å². The molecular formula is C7H14N2O. The summed E-state index contributed by atoms with van der Waals surface area (Å²) in [5, 5.41) is 7.00. The summed E-state index contributed by atoms with van der Waals surface area (Å²) in [5.41, 5.74) is 0.0187. The van der Waals surface area contributed by atoms with Crippen LogP contribution in [0.5, 0.6) is 0 Å². The van der Waals surface area contributed by atoms with Crippen LogP contribution in [0.4, 0.5) is 0 Å². The number of hydrogen-bond donors (Lipinski definition) is 1. The summed E-state index contributed by atoms with van der Waals surface area (Å²) in [6.07, 6.45) is 1.69. The van der Waals surface area contributed by atoms with E-state index in [0.29, 0.717) is 0 Å². The van der Waals surface area contributed by atoms with E-state index in [9.17, 15) is 0 Å². The summed E-state index contributed by atoms with van der Waals surface area (Å²) in [7, 11) is 1.43. The van der Waals surface area contributed by atoms with Crippen molar-refractivity contribution in [2.45, 2.75) is 20.8 Å². The van der Waals surface area contributed by atoms with Gasteiger partial charge in [0.15, 0.2) is 0 Å².